The van der Waals surface area contributed by atoms with Gasteiger partial charge in [0.05, 0.1) is 31.1 Å². The van der Waals surface area contributed by atoms with Gasteiger partial charge >= 0.3 is 0 Å². The number of aliphatic hydroxyl groups is 1. The molecule has 1 fully saturated rings. The average Bonchev–Trinajstić information content (AvgIpc) is 3.51. The standard InChI is InChI=1S/C23H26Br4O4/c1-23(2,14-6-17(24)21(18(25)7-14)30-10-13-4-5-13)15-8-19(26)22(20(27)9-15)31-12-16(28)11-29-3/h6-9,13,16,28H,4-5,10-12H2,1-3H3. The maximum atomic E-state index is 9.87. The summed E-state index contributed by atoms with van der Waals surface area (Å²) in [6, 6.07) is 8.37. The summed E-state index contributed by atoms with van der Waals surface area (Å²) >= 11 is 14.6. The normalized spacial score (nSPS) is 15.1. The number of benzene rings is 2. The molecule has 1 atom stereocenters. The first-order valence-corrected chi connectivity index (χ1v) is 13.2. The van der Waals surface area contributed by atoms with E-state index in [1.807, 2.05) is 0 Å². The second-order valence-corrected chi connectivity index (χ2v) is 11.8. The molecule has 2 aromatic rings. The lowest BCUT2D eigenvalue weighted by molar-refractivity contribution is 0.0321. The zero-order valence-electron chi connectivity index (χ0n) is 17.7. The van der Waals surface area contributed by atoms with Gasteiger partial charge < -0.3 is 19.3 Å². The highest BCUT2D eigenvalue weighted by Crippen LogP contribution is 2.44. The first-order valence-electron chi connectivity index (χ1n) is 10.0. The summed E-state index contributed by atoms with van der Waals surface area (Å²) in [5, 5.41) is 9.87. The molecule has 0 bridgehead atoms. The Morgan fingerprint density at radius 3 is 1.74 bits per heavy atom. The van der Waals surface area contributed by atoms with E-state index in [-0.39, 0.29) is 18.6 Å². The Labute approximate surface area is 217 Å². The fourth-order valence-corrected chi connectivity index (χ4v) is 6.02. The van der Waals surface area contributed by atoms with Gasteiger partial charge in [-0.25, -0.2) is 0 Å². The summed E-state index contributed by atoms with van der Waals surface area (Å²) in [7, 11) is 1.55. The SMILES string of the molecule is COCC(O)COc1c(Br)cc(C(C)(C)c2cc(Br)c(OCC3CC3)c(Br)c2)cc1Br. The van der Waals surface area contributed by atoms with Crippen LogP contribution in [0.4, 0.5) is 0 Å². The monoisotopic (exact) mass is 682 g/mol. The molecule has 4 nitrogen and oxygen atoms in total. The third-order valence-corrected chi connectivity index (χ3v) is 7.74. The van der Waals surface area contributed by atoms with Crippen LogP contribution in [-0.4, -0.2) is 38.1 Å². The van der Waals surface area contributed by atoms with Crippen LogP contribution in [0.15, 0.2) is 42.2 Å². The van der Waals surface area contributed by atoms with Crippen LogP contribution in [-0.2, 0) is 10.2 Å². The predicted octanol–water partition coefficient (Wildman–Crippen LogP) is 7.24. The Hall–Kier alpha value is -0.120. The smallest absolute Gasteiger partial charge is 0.147 e. The molecule has 0 spiro atoms. The Balaban J connectivity index is 1.83. The van der Waals surface area contributed by atoms with Crippen molar-refractivity contribution in [2.24, 2.45) is 5.92 Å². The van der Waals surface area contributed by atoms with E-state index in [0.717, 1.165) is 41.4 Å². The van der Waals surface area contributed by atoms with Crippen LogP contribution in [0, 0.1) is 5.92 Å². The fraction of sp³-hybridized carbons (Fsp3) is 0.478. The molecule has 1 unspecified atom stereocenters. The van der Waals surface area contributed by atoms with Gasteiger partial charge in [0.2, 0.25) is 0 Å². The van der Waals surface area contributed by atoms with E-state index >= 15 is 0 Å². The van der Waals surface area contributed by atoms with Gasteiger partial charge in [0, 0.05) is 12.5 Å². The zero-order valence-corrected chi connectivity index (χ0v) is 24.0. The summed E-state index contributed by atoms with van der Waals surface area (Å²) in [6.07, 6.45) is 1.83. The van der Waals surface area contributed by atoms with Gasteiger partial charge in [-0.15, -0.1) is 0 Å². The van der Waals surface area contributed by atoms with Crippen molar-refractivity contribution >= 4 is 63.7 Å². The first kappa shape index (κ1) is 25.5. The average molecular weight is 686 g/mol. The highest BCUT2D eigenvalue weighted by Gasteiger charge is 2.28. The summed E-state index contributed by atoms with van der Waals surface area (Å²) in [5.41, 5.74) is 1.98. The summed E-state index contributed by atoms with van der Waals surface area (Å²) < 4.78 is 20.3. The number of ether oxygens (including phenoxy) is 3. The molecule has 2 aromatic carbocycles. The van der Waals surface area contributed by atoms with Gasteiger partial charge in [-0.1, -0.05) is 13.8 Å². The second kappa shape index (κ2) is 10.9. The maximum Gasteiger partial charge on any atom is 0.147 e. The summed E-state index contributed by atoms with van der Waals surface area (Å²) in [5.74, 6) is 2.20. The fourth-order valence-electron chi connectivity index (χ4n) is 3.19. The minimum Gasteiger partial charge on any atom is -0.491 e. The molecule has 3 rings (SSSR count). The van der Waals surface area contributed by atoms with Gasteiger partial charge in [-0.2, -0.15) is 0 Å². The largest absolute Gasteiger partial charge is 0.491 e. The van der Waals surface area contributed by atoms with E-state index < -0.39 is 6.10 Å². The van der Waals surface area contributed by atoms with E-state index in [2.05, 4.69) is 102 Å². The second-order valence-electron chi connectivity index (χ2n) is 8.34. The minimum atomic E-state index is -0.685. The van der Waals surface area contributed by atoms with Gasteiger partial charge in [0.15, 0.2) is 0 Å². The van der Waals surface area contributed by atoms with Crippen LogP contribution < -0.4 is 9.47 Å². The number of hydrogen-bond acceptors (Lipinski definition) is 4. The quantitative estimate of drug-likeness (QED) is 0.287. The van der Waals surface area contributed by atoms with Crippen molar-refractivity contribution in [3.8, 4) is 11.5 Å². The maximum absolute atomic E-state index is 9.87. The molecule has 1 aliphatic carbocycles. The Morgan fingerprint density at radius 2 is 1.32 bits per heavy atom. The van der Waals surface area contributed by atoms with Gasteiger partial charge in [-0.05, 0) is 118 Å². The van der Waals surface area contributed by atoms with E-state index in [1.165, 1.54) is 12.8 Å². The van der Waals surface area contributed by atoms with Crippen molar-refractivity contribution in [2.45, 2.75) is 38.2 Å². The minimum absolute atomic E-state index is 0.149. The molecular weight excluding hydrogens is 660 g/mol. The molecule has 0 aromatic heterocycles. The molecule has 0 saturated heterocycles. The van der Waals surface area contributed by atoms with E-state index in [4.69, 9.17) is 14.2 Å². The van der Waals surface area contributed by atoms with Crippen molar-refractivity contribution in [2.75, 3.05) is 26.9 Å². The molecule has 1 saturated carbocycles. The van der Waals surface area contributed by atoms with Crippen LogP contribution in [0.2, 0.25) is 0 Å². The van der Waals surface area contributed by atoms with Crippen LogP contribution in [0.1, 0.15) is 37.8 Å². The predicted molar refractivity (Wildman–Crippen MR) is 137 cm³/mol. The third-order valence-electron chi connectivity index (χ3n) is 5.38. The third kappa shape index (κ3) is 6.48. The molecule has 31 heavy (non-hydrogen) atoms. The van der Waals surface area contributed by atoms with Crippen LogP contribution in [0.3, 0.4) is 0 Å². The lowest BCUT2D eigenvalue weighted by Gasteiger charge is -2.28. The molecule has 0 amide bonds. The molecule has 1 aliphatic rings. The highest BCUT2D eigenvalue weighted by atomic mass is 79.9. The van der Waals surface area contributed by atoms with Gasteiger partial charge in [0.25, 0.3) is 0 Å². The summed E-state index contributed by atoms with van der Waals surface area (Å²) in [4.78, 5) is 0. The highest BCUT2D eigenvalue weighted by molar-refractivity contribution is 9.11. The van der Waals surface area contributed by atoms with Crippen molar-refractivity contribution in [3.05, 3.63) is 53.3 Å². The van der Waals surface area contributed by atoms with Crippen molar-refractivity contribution < 1.29 is 19.3 Å². The van der Waals surface area contributed by atoms with Gasteiger partial charge in [0.1, 0.15) is 24.2 Å². The van der Waals surface area contributed by atoms with Crippen LogP contribution in [0.5, 0.6) is 11.5 Å². The van der Waals surface area contributed by atoms with E-state index in [0.29, 0.717) is 11.7 Å². The molecule has 1 N–H and O–H groups in total. The number of methoxy groups -OCH3 is 1. The van der Waals surface area contributed by atoms with Crippen molar-refractivity contribution in [1.29, 1.82) is 0 Å². The van der Waals surface area contributed by atoms with Crippen LogP contribution >= 0.6 is 63.7 Å². The molecule has 0 heterocycles. The van der Waals surface area contributed by atoms with E-state index in [1.54, 1.807) is 7.11 Å². The Bertz CT molecular complexity index is 882. The van der Waals surface area contributed by atoms with Crippen molar-refractivity contribution in [3.63, 3.8) is 0 Å². The molecule has 170 valence electrons. The zero-order chi connectivity index (χ0) is 22.8. The topological polar surface area (TPSA) is 47.9 Å². The Kier molecular flexibility index (Phi) is 8.94. The van der Waals surface area contributed by atoms with Crippen molar-refractivity contribution in [1.82, 2.24) is 0 Å². The molecule has 8 heteroatoms. The number of halogens is 4. The van der Waals surface area contributed by atoms with E-state index in [9.17, 15) is 5.11 Å². The molecular formula is C23H26Br4O4. The lowest BCUT2D eigenvalue weighted by atomic mass is 9.78. The van der Waals surface area contributed by atoms with Gasteiger partial charge in [-0.3, -0.25) is 0 Å². The summed E-state index contributed by atoms with van der Waals surface area (Å²) in [6.45, 7) is 5.51. The lowest BCUT2D eigenvalue weighted by Crippen LogP contribution is -2.23. The number of rotatable bonds is 10. The first-order chi connectivity index (χ1) is 14.6. The number of aliphatic hydroxyl groups excluding tert-OH is 1. The Morgan fingerprint density at radius 1 is 0.871 bits per heavy atom. The number of hydrogen-bond donors (Lipinski definition) is 1. The van der Waals surface area contributed by atoms with Crippen LogP contribution in [0.25, 0.3) is 0 Å². The molecule has 0 radical (unpaired) electrons. The molecule has 0 aliphatic heterocycles.